The molecular formula is C17H19NO3. The molecule has 0 fully saturated rings. The van der Waals surface area contributed by atoms with Gasteiger partial charge in [0.15, 0.2) is 0 Å². The van der Waals surface area contributed by atoms with E-state index in [9.17, 15) is 9.90 Å². The highest BCUT2D eigenvalue weighted by Crippen LogP contribution is 2.21. The van der Waals surface area contributed by atoms with Crippen molar-refractivity contribution in [3.8, 4) is 11.5 Å². The smallest absolute Gasteiger partial charge is 0.231 e. The molecule has 0 bridgehead atoms. The van der Waals surface area contributed by atoms with Gasteiger partial charge < -0.3 is 14.7 Å². The minimum atomic E-state index is -0.00623. The van der Waals surface area contributed by atoms with Crippen molar-refractivity contribution in [2.75, 3.05) is 18.6 Å². The van der Waals surface area contributed by atoms with Gasteiger partial charge in [0.05, 0.1) is 13.5 Å². The Morgan fingerprint density at radius 2 is 1.90 bits per heavy atom. The highest BCUT2D eigenvalue weighted by molar-refractivity contribution is 5.94. The second kappa shape index (κ2) is 6.79. The van der Waals surface area contributed by atoms with Crippen LogP contribution in [0.3, 0.4) is 0 Å². The van der Waals surface area contributed by atoms with Crippen LogP contribution in [0.15, 0.2) is 48.5 Å². The largest absolute Gasteiger partial charge is 0.508 e. The lowest BCUT2D eigenvalue weighted by Crippen LogP contribution is -2.31. The maximum atomic E-state index is 12.4. The minimum absolute atomic E-state index is 0.00623. The summed E-state index contributed by atoms with van der Waals surface area (Å²) in [6, 6.07) is 14.2. The Morgan fingerprint density at radius 1 is 1.19 bits per heavy atom. The van der Waals surface area contributed by atoms with Crippen molar-refractivity contribution in [3.63, 3.8) is 0 Å². The monoisotopic (exact) mass is 285 g/mol. The van der Waals surface area contributed by atoms with E-state index in [1.807, 2.05) is 37.3 Å². The third-order valence-corrected chi connectivity index (χ3v) is 3.27. The Hall–Kier alpha value is -2.49. The summed E-state index contributed by atoms with van der Waals surface area (Å²) < 4.78 is 5.10. The third kappa shape index (κ3) is 3.75. The Labute approximate surface area is 124 Å². The molecule has 1 amide bonds. The Morgan fingerprint density at radius 3 is 2.48 bits per heavy atom. The first-order chi connectivity index (χ1) is 10.1. The number of phenols is 1. The van der Waals surface area contributed by atoms with Crippen molar-refractivity contribution in [2.45, 2.75) is 13.3 Å². The number of anilines is 1. The summed E-state index contributed by atoms with van der Waals surface area (Å²) in [6.07, 6.45) is 0.313. The van der Waals surface area contributed by atoms with E-state index in [0.717, 1.165) is 11.3 Å². The quantitative estimate of drug-likeness (QED) is 0.918. The predicted octanol–water partition coefficient (Wildman–Crippen LogP) is 3.00. The number of hydrogen-bond donors (Lipinski definition) is 1. The van der Waals surface area contributed by atoms with Gasteiger partial charge >= 0.3 is 0 Å². The van der Waals surface area contributed by atoms with Crippen LogP contribution in [-0.4, -0.2) is 24.7 Å². The van der Waals surface area contributed by atoms with Crippen LogP contribution in [0.4, 0.5) is 5.69 Å². The molecule has 0 aliphatic rings. The molecule has 21 heavy (non-hydrogen) atoms. The van der Waals surface area contributed by atoms with Crippen LogP contribution in [0.5, 0.6) is 11.5 Å². The third-order valence-electron chi connectivity index (χ3n) is 3.27. The summed E-state index contributed by atoms with van der Waals surface area (Å²) in [5, 5.41) is 9.53. The first-order valence-electron chi connectivity index (χ1n) is 6.86. The topological polar surface area (TPSA) is 49.8 Å². The maximum Gasteiger partial charge on any atom is 0.231 e. The molecule has 110 valence electrons. The SMILES string of the molecule is CCN(C(=O)Cc1ccc(OC)cc1)c1cccc(O)c1. The number of carbonyl (C=O) groups is 1. The average molecular weight is 285 g/mol. The molecule has 1 N–H and O–H groups in total. The van der Waals surface area contributed by atoms with Gasteiger partial charge in [0.2, 0.25) is 5.91 Å². The van der Waals surface area contributed by atoms with Gasteiger partial charge in [-0.15, -0.1) is 0 Å². The number of carbonyl (C=O) groups excluding carboxylic acids is 1. The summed E-state index contributed by atoms with van der Waals surface area (Å²) in [7, 11) is 1.61. The zero-order valence-corrected chi connectivity index (χ0v) is 12.2. The summed E-state index contributed by atoms with van der Waals surface area (Å²) in [6.45, 7) is 2.47. The predicted molar refractivity (Wildman–Crippen MR) is 82.8 cm³/mol. The maximum absolute atomic E-state index is 12.4. The van der Waals surface area contributed by atoms with Crippen LogP contribution >= 0.6 is 0 Å². The van der Waals surface area contributed by atoms with Crippen LogP contribution < -0.4 is 9.64 Å². The second-order valence-corrected chi connectivity index (χ2v) is 4.68. The molecule has 0 saturated carbocycles. The van der Waals surface area contributed by atoms with Gasteiger partial charge in [-0.1, -0.05) is 18.2 Å². The molecule has 0 spiro atoms. The number of aromatic hydroxyl groups is 1. The van der Waals surface area contributed by atoms with Gasteiger partial charge in [0.1, 0.15) is 11.5 Å². The molecule has 0 aliphatic heterocycles. The standard InChI is InChI=1S/C17H19NO3/c1-3-18(14-5-4-6-15(19)12-14)17(20)11-13-7-9-16(21-2)10-8-13/h4-10,12,19H,3,11H2,1-2H3. The zero-order chi connectivity index (χ0) is 15.2. The molecule has 0 radical (unpaired) electrons. The first kappa shape index (κ1) is 14.9. The molecule has 4 nitrogen and oxygen atoms in total. The molecule has 0 aromatic heterocycles. The number of rotatable bonds is 5. The van der Waals surface area contributed by atoms with Crippen molar-refractivity contribution in [1.29, 1.82) is 0 Å². The van der Waals surface area contributed by atoms with E-state index < -0.39 is 0 Å². The number of likely N-dealkylation sites (N-methyl/N-ethyl adjacent to an activating group) is 1. The van der Waals surface area contributed by atoms with E-state index in [-0.39, 0.29) is 11.7 Å². The van der Waals surface area contributed by atoms with Gasteiger partial charge in [0, 0.05) is 18.3 Å². The fraction of sp³-hybridized carbons (Fsp3) is 0.235. The first-order valence-corrected chi connectivity index (χ1v) is 6.86. The summed E-state index contributed by atoms with van der Waals surface area (Å²) in [5.41, 5.74) is 1.63. The van der Waals surface area contributed by atoms with E-state index in [1.54, 1.807) is 30.2 Å². The van der Waals surface area contributed by atoms with E-state index in [4.69, 9.17) is 4.74 Å². The second-order valence-electron chi connectivity index (χ2n) is 4.68. The lowest BCUT2D eigenvalue weighted by molar-refractivity contribution is -0.117. The van der Waals surface area contributed by atoms with Crippen LogP contribution in [0.1, 0.15) is 12.5 Å². The number of hydrogen-bond acceptors (Lipinski definition) is 3. The van der Waals surface area contributed by atoms with Gasteiger partial charge in [-0.05, 0) is 36.8 Å². The highest BCUT2D eigenvalue weighted by Gasteiger charge is 2.14. The van der Waals surface area contributed by atoms with Crippen LogP contribution in [0, 0.1) is 0 Å². The molecular weight excluding hydrogens is 266 g/mol. The lowest BCUT2D eigenvalue weighted by Gasteiger charge is -2.21. The Kier molecular flexibility index (Phi) is 4.82. The number of nitrogens with zero attached hydrogens (tertiary/aromatic N) is 1. The molecule has 0 unspecified atom stereocenters. The van der Waals surface area contributed by atoms with Gasteiger partial charge in [-0.25, -0.2) is 0 Å². The van der Waals surface area contributed by atoms with Gasteiger partial charge in [0.25, 0.3) is 0 Å². The van der Waals surface area contributed by atoms with E-state index in [2.05, 4.69) is 0 Å². The van der Waals surface area contributed by atoms with Crippen LogP contribution in [0.25, 0.3) is 0 Å². The molecule has 0 saturated heterocycles. The molecule has 0 atom stereocenters. The fourth-order valence-electron chi connectivity index (χ4n) is 2.18. The van der Waals surface area contributed by atoms with E-state index in [1.165, 1.54) is 0 Å². The fourth-order valence-corrected chi connectivity index (χ4v) is 2.18. The molecule has 4 heteroatoms. The Balaban J connectivity index is 2.12. The van der Waals surface area contributed by atoms with Crippen molar-refractivity contribution in [2.24, 2.45) is 0 Å². The zero-order valence-electron chi connectivity index (χ0n) is 12.2. The number of amides is 1. The minimum Gasteiger partial charge on any atom is -0.508 e. The lowest BCUT2D eigenvalue weighted by atomic mass is 10.1. The van der Waals surface area contributed by atoms with Crippen molar-refractivity contribution >= 4 is 11.6 Å². The summed E-state index contributed by atoms with van der Waals surface area (Å²) in [5.74, 6) is 0.919. The van der Waals surface area contributed by atoms with Crippen molar-refractivity contribution < 1.29 is 14.6 Å². The van der Waals surface area contributed by atoms with E-state index in [0.29, 0.717) is 18.7 Å². The van der Waals surface area contributed by atoms with Gasteiger partial charge in [-0.2, -0.15) is 0 Å². The number of methoxy groups -OCH3 is 1. The van der Waals surface area contributed by atoms with E-state index >= 15 is 0 Å². The number of benzene rings is 2. The van der Waals surface area contributed by atoms with Gasteiger partial charge in [-0.3, -0.25) is 4.79 Å². The summed E-state index contributed by atoms with van der Waals surface area (Å²) in [4.78, 5) is 14.1. The molecule has 0 heterocycles. The van der Waals surface area contributed by atoms with Crippen LogP contribution in [-0.2, 0) is 11.2 Å². The molecule has 2 aromatic carbocycles. The van der Waals surface area contributed by atoms with Crippen LogP contribution in [0.2, 0.25) is 0 Å². The Bertz CT molecular complexity index is 608. The normalized spacial score (nSPS) is 10.2. The molecule has 0 aliphatic carbocycles. The van der Waals surface area contributed by atoms with Crippen molar-refractivity contribution in [3.05, 3.63) is 54.1 Å². The molecule has 2 aromatic rings. The summed E-state index contributed by atoms with van der Waals surface area (Å²) >= 11 is 0. The molecule has 2 rings (SSSR count). The average Bonchev–Trinajstić information content (AvgIpc) is 2.49. The highest BCUT2D eigenvalue weighted by atomic mass is 16.5. The number of ether oxygens (including phenoxy) is 1. The number of phenolic OH excluding ortho intramolecular Hbond substituents is 1. The van der Waals surface area contributed by atoms with Crippen molar-refractivity contribution in [1.82, 2.24) is 0 Å².